The van der Waals surface area contributed by atoms with Crippen molar-refractivity contribution in [3.8, 4) is 0 Å². The van der Waals surface area contributed by atoms with Crippen molar-refractivity contribution in [2.45, 2.75) is 44.9 Å². The molecule has 3 nitrogen and oxygen atoms in total. The molecule has 1 amide bonds. The van der Waals surface area contributed by atoms with Crippen LogP contribution < -0.4 is 5.32 Å². The van der Waals surface area contributed by atoms with Gasteiger partial charge in [0.2, 0.25) is 5.91 Å². The van der Waals surface area contributed by atoms with Crippen molar-refractivity contribution in [1.82, 2.24) is 10.2 Å². The van der Waals surface area contributed by atoms with E-state index in [0.717, 1.165) is 18.4 Å². The molecule has 0 aliphatic carbocycles. The van der Waals surface area contributed by atoms with Gasteiger partial charge >= 0.3 is 0 Å². The molecular formula is C17H24N2OS. The van der Waals surface area contributed by atoms with Crippen LogP contribution >= 0.6 is 11.8 Å². The van der Waals surface area contributed by atoms with E-state index in [4.69, 9.17) is 0 Å². The van der Waals surface area contributed by atoms with Crippen molar-refractivity contribution in [2.75, 3.05) is 11.5 Å². The largest absolute Gasteiger partial charge is 0.322 e. The number of rotatable bonds is 3. The summed E-state index contributed by atoms with van der Waals surface area (Å²) < 4.78 is 0. The predicted molar refractivity (Wildman–Crippen MR) is 88.1 cm³/mol. The summed E-state index contributed by atoms with van der Waals surface area (Å²) in [5.74, 6) is 3.04. The number of hydrogen-bond donors (Lipinski definition) is 1. The first-order valence-electron chi connectivity index (χ1n) is 7.89. The summed E-state index contributed by atoms with van der Waals surface area (Å²) in [5, 5.41) is 3.57. The van der Waals surface area contributed by atoms with Crippen LogP contribution in [-0.2, 0) is 4.79 Å². The minimum Gasteiger partial charge on any atom is -0.322 e. The van der Waals surface area contributed by atoms with E-state index in [1.54, 1.807) is 0 Å². The molecule has 0 bridgehead atoms. The Bertz CT molecular complexity index is 485. The fourth-order valence-electron chi connectivity index (χ4n) is 3.38. The highest BCUT2D eigenvalue weighted by Crippen LogP contribution is 2.33. The van der Waals surface area contributed by atoms with Crippen LogP contribution in [-0.4, -0.2) is 34.5 Å². The summed E-state index contributed by atoms with van der Waals surface area (Å²) in [6.07, 6.45) is 2.42. The monoisotopic (exact) mass is 304 g/mol. The Kier molecular flexibility index (Phi) is 4.55. The molecule has 2 heterocycles. The first-order valence-corrected chi connectivity index (χ1v) is 9.05. The fourth-order valence-corrected chi connectivity index (χ4v) is 4.46. The Morgan fingerprint density at radius 2 is 1.86 bits per heavy atom. The molecule has 3 rings (SSSR count). The zero-order valence-electron chi connectivity index (χ0n) is 12.8. The van der Waals surface area contributed by atoms with E-state index in [-0.39, 0.29) is 18.1 Å². The SMILES string of the molecule is CC(C)C1NC(c2ccccc2)C(=O)N1C1CCSCC1. The standard InChI is InChI=1S/C17H24N2OS/c1-12(2)16-18-15(13-6-4-3-5-7-13)17(20)19(16)14-8-10-21-11-9-14/h3-7,12,14-16,18H,8-11H2,1-2H3. The van der Waals surface area contributed by atoms with Gasteiger partial charge in [0.25, 0.3) is 0 Å². The number of nitrogens with zero attached hydrogens (tertiary/aromatic N) is 1. The van der Waals surface area contributed by atoms with Gasteiger partial charge in [0.05, 0.1) is 6.17 Å². The van der Waals surface area contributed by atoms with Gasteiger partial charge in [-0.1, -0.05) is 44.2 Å². The molecule has 1 aromatic rings. The molecule has 0 aromatic heterocycles. The van der Waals surface area contributed by atoms with Crippen LogP contribution in [0.2, 0.25) is 0 Å². The van der Waals surface area contributed by atoms with E-state index < -0.39 is 0 Å². The van der Waals surface area contributed by atoms with Crippen LogP contribution in [0, 0.1) is 5.92 Å². The molecule has 4 heteroatoms. The van der Waals surface area contributed by atoms with Crippen LogP contribution in [0.5, 0.6) is 0 Å². The normalized spacial score (nSPS) is 27.6. The van der Waals surface area contributed by atoms with Gasteiger partial charge in [0, 0.05) is 6.04 Å². The van der Waals surface area contributed by atoms with Crippen molar-refractivity contribution in [2.24, 2.45) is 5.92 Å². The molecule has 2 aliphatic rings. The van der Waals surface area contributed by atoms with E-state index in [1.807, 2.05) is 42.1 Å². The molecule has 0 radical (unpaired) electrons. The second kappa shape index (κ2) is 6.41. The molecule has 2 saturated heterocycles. The molecule has 114 valence electrons. The fraction of sp³-hybridized carbons (Fsp3) is 0.588. The number of hydrogen-bond acceptors (Lipinski definition) is 3. The van der Waals surface area contributed by atoms with Crippen LogP contribution in [0.25, 0.3) is 0 Å². The first kappa shape index (κ1) is 14.9. The molecule has 2 atom stereocenters. The van der Waals surface area contributed by atoms with E-state index in [9.17, 15) is 4.79 Å². The summed E-state index contributed by atoms with van der Waals surface area (Å²) in [6.45, 7) is 4.39. The first-order chi connectivity index (χ1) is 10.2. The molecule has 0 spiro atoms. The molecule has 1 aromatic carbocycles. The molecule has 1 N–H and O–H groups in total. The number of benzene rings is 1. The average Bonchev–Trinajstić information content (AvgIpc) is 2.87. The van der Waals surface area contributed by atoms with Crippen molar-refractivity contribution in [3.05, 3.63) is 35.9 Å². The molecule has 2 aliphatic heterocycles. The predicted octanol–water partition coefficient (Wildman–Crippen LogP) is 3.04. The van der Waals surface area contributed by atoms with Crippen molar-refractivity contribution < 1.29 is 4.79 Å². The second-order valence-corrected chi connectivity index (χ2v) is 7.51. The zero-order valence-corrected chi connectivity index (χ0v) is 13.6. The highest BCUT2D eigenvalue weighted by atomic mass is 32.2. The van der Waals surface area contributed by atoms with Gasteiger partial charge in [0.15, 0.2) is 0 Å². The van der Waals surface area contributed by atoms with Gasteiger partial charge in [-0.05, 0) is 35.8 Å². The second-order valence-electron chi connectivity index (χ2n) is 6.29. The van der Waals surface area contributed by atoms with Crippen LogP contribution in [0.1, 0.15) is 38.3 Å². The number of carbonyl (C=O) groups is 1. The topological polar surface area (TPSA) is 32.3 Å². The summed E-state index contributed by atoms with van der Waals surface area (Å²) in [5.41, 5.74) is 1.08. The molecule has 0 saturated carbocycles. The third-order valence-electron chi connectivity index (χ3n) is 4.49. The van der Waals surface area contributed by atoms with Gasteiger partial charge in [0.1, 0.15) is 6.04 Å². The third-order valence-corrected chi connectivity index (χ3v) is 5.54. The molecule has 21 heavy (non-hydrogen) atoms. The highest BCUT2D eigenvalue weighted by Gasteiger charge is 2.44. The maximum absolute atomic E-state index is 13.0. The lowest BCUT2D eigenvalue weighted by molar-refractivity contribution is -0.133. The lowest BCUT2D eigenvalue weighted by Crippen LogP contribution is -2.48. The van der Waals surface area contributed by atoms with Crippen molar-refractivity contribution >= 4 is 17.7 Å². The van der Waals surface area contributed by atoms with Gasteiger partial charge in [-0.15, -0.1) is 0 Å². The summed E-state index contributed by atoms with van der Waals surface area (Å²) >= 11 is 2.01. The van der Waals surface area contributed by atoms with Crippen LogP contribution in [0.15, 0.2) is 30.3 Å². The zero-order chi connectivity index (χ0) is 14.8. The summed E-state index contributed by atoms with van der Waals surface area (Å²) in [6, 6.07) is 10.4. The van der Waals surface area contributed by atoms with Crippen molar-refractivity contribution in [1.29, 1.82) is 0 Å². The van der Waals surface area contributed by atoms with Gasteiger partial charge in [-0.2, -0.15) is 11.8 Å². The lowest BCUT2D eigenvalue weighted by atomic mass is 10.0. The third kappa shape index (κ3) is 2.97. The number of carbonyl (C=O) groups excluding carboxylic acids is 1. The maximum Gasteiger partial charge on any atom is 0.245 e. The minimum atomic E-state index is -0.173. The Hall–Kier alpha value is -1.00. The minimum absolute atomic E-state index is 0.163. The molecular weight excluding hydrogens is 280 g/mol. The van der Waals surface area contributed by atoms with Crippen LogP contribution in [0.4, 0.5) is 0 Å². The smallest absolute Gasteiger partial charge is 0.245 e. The highest BCUT2D eigenvalue weighted by molar-refractivity contribution is 7.99. The van der Waals surface area contributed by atoms with E-state index in [1.165, 1.54) is 11.5 Å². The van der Waals surface area contributed by atoms with Gasteiger partial charge < -0.3 is 4.90 Å². The Morgan fingerprint density at radius 1 is 1.19 bits per heavy atom. The summed E-state index contributed by atoms with van der Waals surface area (Å²) in [4.78, 5) is 15.1. The molecule has 2 unspecified atom stereocenters. The maximum atomic E-state index is 13.0. The Balaban J connectivity index is 1.85. The lowest BCUT2D eigenvalue weighted by Gasteiger charge is -2.36. The molecule has 2 fully saturated rings. The summed E-state index contributed by atoms with van der Waals surface area (Å²) in [7, 11) is 0. The number of nitrogens with one attached hydrogen (secondary N) is 1. The van der Waals surface area contributed by atoms with Crippen LogP contribution in [0.3, 0.4) is 0 Å². The Labute approximate surface area is 131 Å². The van der Waals surface area contributed by atoms with E-state index in [0.29, 0.717) is 12.0 Å². The van der Waals surface area contributed by atoms with Crippen molar-refractivity contribution in [3.63, 3.8) is 0 Å². The van der Waals surface area contributed by atoms with Gasteiger partial charge in [-0.3, -0.25) is 10.1 Å². The van der Waals surface area contributed by atoms with E-state index in [2.05, 4.69) is 24.1 Å². The average molecular weight is 304 g/mol. The Morgan fingerprint density at radius 3 is 2.48 bits per heavy atom. The quantitative estimate of drug-likeness (QED) is 0.931. The number of amides is 1. The number of thioether (sulfide) groups is 1. The van der Waals surface area contributed by atoms with Gasteiger partial charge in [-0.25, -0.2) is 0 Å². The van der Waals surface area contributed by atoms with E-state index >= 15 is 0 Å².